The zero-order chi connectivity index (χ0) is 7.66. The maximum atomic E-state index is 3.66. The van der Waals surface area contributed by atoms with Gasteiger partial charge in [0.15, 0.2) is 0 Å². The van der Waals surface area contributed by atoms with E-state index < -0.39 is 0 Å². The molecule has 0 aromatic rings. The molecule has 0 aliphatic rings. The molecule has 0 radical (unpaired) electrons. The maximum Gasteiger partial charge on any atom is 0.0929 e. The zero-order valence-electron chi connectivity index (χ0n) is 6.16. The lowest BCUT2D eigenvalue weighted by Crippen LogP contribution is -2.49. The van der Waals surface area contributed by atoms with Crippen molar-refractivity contribution in [2.45, 2.75) is 0 Å². The van der Waals surface area contributed by atoms with E-state index in [0.717, 1.165) is 6.54 Å². The molecule has 1 heteroatoms. The van der Waals surface area contributed by atoms with Crippen molar-refractivity contribution >= 4 is 0 Å². The van der Waals surface area contributed by atoms with Crippen LogP contribution in [0.5, 0.6) is 0 Å². The Bertz CT molecular complexity index is 152. The van der Waals surface area contributed by atoms with Crippen molar-refractivity contribution < 1.29 is 5.73 Å². The molecule has 0 bridgehead atoms. The Kier molecular flexibility index (Phi) is 7.06. The first-order valence-corrected chi connectivity index (χ1v) is 3.32. The minimum atomic E-state index is 0.843. The van der Waals surface area contributed by atoms with Gasteiger partial charge in [-0.2, -0.15) is 0 Å². The third-order valence-electron chi connectivity index (χ3n) is 0.883. The highest BCUT2D eigenvalue weighted by molar-refractivity contribution is 5.13. The lowest BCUT2D eigenvalue weighted by molar-refractivity contribution is -0.352. The molecule has 3 N–H and O–H groups in total. The third kappa shape index (κ3) is 6.92. The summed E-state index contributed by atoms with van der Waals surface area (Å²) in [5.74, 6) is 0. The molecule has 0 fully saturated rings. The Morgan fingerprint density at radius 2 is 1.60 bits per heavy atom. The third-order valence-corrected chi connectivity index (χ3v) is 0.883. The van der Waals surface area contributed by atoms with Gasteiger partial charge < -0.3 is 5.73 Å². The lowest BCUT2D eigenvalue weighted by atomic mass is 10.4. The summed E-state index contributed by atoms with van der Waals surface area (Å²) in [5, 5.41) is 0. The highest BCUT2D eigenvalue weighted by atomic mass is 14.5. The molecule has 0 spiro atoms. The molecule has 0 heterocycles. The van der Waals surface area contributed by atoms with Gasteiger partial charge in [0.2, 0.25) is 0 Å². The molecule has 0 rings (SSSR count). The maximum absolute atomic E-state index is 3.66. The van der Waals surface area contributed by atoms with Crippen LogP contribution >= 0.6 is 0 Å². The molecule has 0 aliphatic heterocycles. The Labute approximate surface area is 62.2 Å². The summed E-state index contributed by atoms with van der Waals surface area (Å²) < 4.78 is 0. The summed E-state index contributed by atoms with van der Waals surface area (Å²) in [7, 11) is 0. The fourth-order valence-electron chi connectivity index (χ4n) is 0.446. The Balaban J connectivity index is 3.46. The van der Waals surface area contributed by atoms with Gasteiger partial charge in [0.05, 0.1) is 6.54 Å². The Hall–Kier alpha value is -1.08. The first-order chi connectivity index (χ1) is 4.91. The van der Waals surface area contributed by atoms with E-state index in [2.05, 4.69) is 12.3 Å². The van der Waals surface area contributed by atoms with Crippen LogP contribution < -0.4 is 5.73 Å². The average Bonchev–Trinajstić information content (AvgIpc) is 1.97. The van der Waals surface area contributed by atoms with Gasteiger partial charge in [0.25, 0.3) is 0 Å². The van der Waals surface area contributed by atoms with E-state index in [1.807, 2.05) is 36.5 Å². The molecular formula is C9H14N+. The molecule has 1 nitrogen and oxygen atoms in total. The zero-order valence-corrected chi connectivity index (χ0v) is 6.16. The fourth-order valence-corrected chi connectivity index (χ4v) is 0.446. The summed E-state index contributed by atoms with van der Waals surface area (Å²) >= 11 is 0. The Morgan fingerprint density at radius 1 is 1.00 bits per heavy atom. The predicted molar refractivity (Wildman–Crippen MR) is 45.4 cm³/mol. The highest BCUT2D eigenvalue weighted by Gasteiger charge is 1.62. The predicted octanol–water partition coefficient (Wildman–Crippen LogP) is 1.08. The molecule has 0 atom stereocenters. The minimum absolute atomic E-state index is 0.843. The smallest absolute Gasteiger partial charge is 0.0929 e. The molecule has 0 aromatic heterocycles. The normalized spacial score (nSPS) is 12.1. The molecule has 0 saturated carbocycles. The summed E-state index contributed by atoms with van der Waals surface area (Å²) in [4.78, 5) is 0. The number of allylic oxidation sites excluding steroid dienone is 6. The van der Waals surface area contributed by atoms with Gasteiger partial charge in [-0.25, -0.2) is 0 Å². The van der Waals surface area contributed by atoms with Crippen LogP contribution in [-0.2, 0) is 0 Å². The first kappa shape index (κ1) is 8.92. The molecule has 0 saturated heterocycles. The fraction of sp³-hybridized carbons (Fsp3) is 0.111. The van der Waals surface area contributed by atoms with Gasteiger partial charge in [-0.1, -0.05) is 43.0 Å². The summed E-state index contributed by atoms with van der Waals surface area (Å²) in [5.41, 5.74) is 3.66. The van der Waals surface area contributed by atoms with Gasteiger partial charge in [0.1, 0.15) is 0 Å². The van der Waals surface area contributed by atoms with Crippen molar-refractivity contribution in [3.8, 4) is 0 Å². The van der Waals surface area contributed by atoms with E-state index in [9.17, 15) is 0 Å². The van der Waals surface area contributed by atoms with E-state index in [4.69, 9.17) is 0 Å². The van der Waals surface area contributed by atoms with Gasteiger partial charge in [-0.05, 0) is 6.08 Å². The average molecular weight is 136 g/mol. The second-order valence-electron chi connectivity index (χ2n) is 1.72. The Morgan fingerprint density at radius 3 is 2.20 bits per heavy atom. The second-order valence-corrected chi connectivity index (χ2v) is 1.72. The van der Waals surface area contributed by atoms with Crippen molar-refractivity contribution in [2.75, 3.05) is 6.54 Å². The van der Waals surface area contributed by atoms with Crippen LogP contribution in [0.25, 0.3) is 0 Å². The van der Waals surface area contributed by atoms with Gasteiger partial charge in [-0.3, -0.25) is 0 Å². The molecule has 0 unspecified atom stereocenters. The van der Waals surface area contributed by atoms with Crippen molar-refractivity contribution in [1.82, 2.24) is 0 Å². The van der Waals surface area contributed by atoms with Gasteiger partial charge >= 0.3 is 0 Å². The SMILES string of the molecule is C=C/C=C/C=C/C=C/C[NH3+]. The second kappa shape index (κ2) is 7.92. The molecular weight excluding hydrogens is 122 g/mol. The topological polar surface area (TPSA) is 27.6 Å². The quantitative estimate of drug-likeness (QED) is 0.560. The van der Waals surface area contributed by atoms with Crippen molar-refractivity contribution in [3.05, 3.63) is 49.1 Å². The minimum Gasteiger partial charge on any atom is -0.354 e. The highest BCUT2D eigenvalue weighted by Crippen LogP contribution is 1.78. The van der Waals surface area contributed by atoms with E-state index >= 15 is 0 Å². The lowest BCUT2D eigenvalue weighted by Gasteiger charge is -1.72. The van der Waals surface area contributed by atoms with Crippen LogP contribution in [0.4, 0.5) is 0 Å². The summed E-state index contributed by atoms with van der Waals surface area (Å²) in [6.45, 7) is 4.39. The van der Waals surface area contributed by atoms with E-state index in [1.165, 1.54) is 0 Å². The van der Waals surface area contributed by atoms with Crippen molar-refractivity contribution in [1.29, 1.82) is 0 Å². The van der Waals surface area contributed by atoms with Crippen LogP contribution in [0.2, 0.25) is 0 Å². The standard InChI is InChI=1S/C9H13N/c1-2-3-4-5-6-7-8-9-10/h2-8H,1,9-10H2/p+1/b4-3+,6-5+,8-7+. The van der Waals surface area contributed by atoms with Gasteiger partial charge in [-0.15, -0.1) is 0 Å². The molecule has 0 aromatic carbocycles. The van der Waals surface area contributed by atoms with Crippen molar-refractivity contribution in [2.24, 2.45) is 0 Å². The summed E-state index contributed by atoms with van der Waals surface area (Å²) in [6.07, 6.45) is 13.4. The van der Waals surface area contributed by atoms with Crippen molar-refractivity contribution in [3.63, 3.8) is 0 Å². The van der Waals surface area contributed by atoms with Crippen LogP contribution in [0, 0.1) is 0 Å². The molecule has 0 aliphatic carbocycles. The van der Waals surface area contributed by atoms with Crippen LogP contribution in [0.3, 0.4) is 0 Å². The number of quaternary nitrogens is 1. The van der Waals surface area contributed by atoms with E-state index in [1.54, 1.807) is 6.08 Å². The van der Waals surface area contributed by atoms with E-state index in [0.29, 0.717) is 0 Å². The number of hydrogen-bond donors (Lipinski definition) is 1. The summed E-state index contributed by atoms with van der Waals surface area (Å²) in [6, 6.07) is 0. The van der Waals surface area contributed by atoms with Gasteiger partial charge in [0, 0.05) is 0 Å². The monoisotopic (exact) mass is 136 g/mol. The van der Waals surface area contributed by atoms with Crippen LogP contribution in [0.15, 0.2) is 49.1 Å². The number of rotatable bonds is 4. The molecule has 0 amide bonds. The molecule has 54 valence electrons. The molecule has 10 heavy (non-hydrogen) atoms. The largest absolute Gasteiger partial charge is 0.354 e. The number of hydrogen-bond acceptors (Lipinski definition) is 0. The van der Waals surface area contributed by atoms with Crippen LogP contribution in [-0.4, -0.2) is 6.54 Å². The first-order valence-electron chi connectivity index (χ1n) is 3.32. The van der Waals surface area contributed by atoms with E-state index in [-0.39, 0.29) is 0 Å². The van der Waals surface area contributed by atoms with Crippen LogP contribution in [0.1, 0.15) is 0 Å².